The number of nitro groups is 1. The third-order valence-electron chi connectivity index (χ3n) is 3.35. The Morgan fingerprint density at radius 2 is 2.00 bits per heavy atom. The normalized spacial score (nSPS) is 10.9. The van der Waals surface area contributed by atoms with Crippen LogP contribution < -0.4 is 10.6 Å². The van der Waals surface area contributed by atoms with Gasteiger partial charge in [0.2, 0.25) is 0 Å². The van der Waals surface area contributed by atoms with Crippen molar-refractivity contribution >= 4 is 23.4 Å². The summed E-state index contributed by atoms with van der Waals surface area (Å²) in [6.45, 7) is 5.30. The maximum absolute atomic E-state index is 12.1. The standard InChI is InChI=1S/C15H21N3O5/c1-4-10-5-6-11(18(22)23)9-12(10)16-14(21)17-15(2,3)8-7-13(19)20/h5-6,9H,4,7-8H2,1-3H3,(H,19,20)(H2,16,17,21). The number of nitrogens with one attached hydrogen (secondary N) is 2. The number of benzene rings is 1. The summed E-state index contributed by atoms with van der Waals surface area (Å²) < 4.78 is 0. The van der Waals surface area contributed by atoms with Crippen molar-refractivity contribution < 1.29 is 19.6 Å². The Morgan fingerprint density at radius 1 is 1.35 bits per heavy atom. The Labute approximate surface area is 134 Å². The minimum atomic E-state index is -0.938. The lowest BCUT2D eigenvalue weighted by molar-refractivity contribution is -0.384. The molecule has 1 aromatic rings. The highest BCUT2D eigenvalue weighted by molar-refractivity contribution is 5.91. The van der Waals surface area contributed by atoms with Crippen molar-refractivity contribution in [1.29, 1.82) is 0 Å². The van der Waals surface area contributed by atoms with Crippen LogP contribution in [0.25, 0.3) is 0 Å². The zero-order valence-corrected chi connectivity index (χ0v) is 13.4. The molecule has 0 unspecified atom stereocenters. The molecular weight excluding hydrogens is 302 g/mol. The summed E-state index contributed by atoms with van der Waals surface area (Å²) in [6, 6.07) is 3.76. The molecule has 1 rings (SSSR count). The second kappa shape index (κ2) is 7.57. The highest BCUT2D eigenvalue weighted by atomic mass is 16.6. The number of carboxylic acids is 1. The molecule has 2 amide bonds. The SMILES string of the molecule is CCc1ccc([N+](=O)[O-])cc1NC(=O)NC(C)(C)CCC(=O)O. The van der Waals surface area contributed by atoms with Crippen molar-refractivity contribution in [2.24, 2.45) is 0 Å². The van der Waals surface area contributed by atoms with Gasteiger partial charge in [-0.1, -0.05) is 13.0 Å². The smallest absolute Gasteiger partial charge is 0.319 e. The Bertz CT molecular complexity index is 613. The largest absolute Gasteiger partial charge is 0.481 e. The summed E-state index contributed by atoms with van der Waals surface area (Å²) in [5.74, 6) is -0.938. The number of carbonyl (C=O) groups excluding carboxylic acids is 1. The van der Waals surface area contributed by atoms with Gasteiger partial charge in [-0.05, 0) is 32.3 Å². The van der Waals surface area contributed by atoms with Crippen molar-refractivity contribution in [3.05, 3.63) is 33.9 Å². The highest BCUT2D eigenvalue weighted by Crippen LogP contribution is 2.23. The Morgan fingerprint density at radius 3 is 2.52 bits per heavy atom. The number of nitro benzene ring substituents is 1. The van der Waals surface area contributed by atoms with Gasteiger partial charge in [-0.25, -0.2) is 4.79 Å². The first-order chi connectivity index (χ1) is 10.6. The number of carboxylic acid groups (broad SMARTS) is 1. The van der Waals surface area contributed by atoms with E-state index < -0.39 is 22.5 Å². The van der Waals surface area contributed by atoms with Gasteiger partial charge in [0.25, 0.3) is 5.69 Å². The lowest BCUT2D eigenvalue weighted by Crippen LogP contribution is -2.45. The summed E-state index contributed by atoms with van der Waals surface area (Å²) in [5.41, 5.74) is 0.320. The van der Waals surface area contributed by atoms with Gasteiger partial charge in [-0.15, -0.1) is 0 Å². The summed E-state index contributed by atoms with van der Waals surface area (Å²) in [7, 11) is 0. The molecule has 126 valence electrons. The molecule has 0 bridgehead atoms. The molecule has 1 aromatic carbocycles. The molecule has 3 N–H and O–H groups in total. The molecule has 8 nitrogen and oxygen atoms in total. The van der Waals surface area contributed by atoms with E-state index >= 15 is 0 Å². The third kappa shape index (κ3) is 5.93. The first-order valence-corrected chi connectivity index (χ1v) is 7.23. The summed E-state index contributed by atoms with van der Waals surface area (Å²) in [5, 5.41) is 24.8. The van der Waals surface area contributed by atoms with Crippen LogP contribution >= 0.6 is 0 Å². The van der Waals surface area contributed by atoms with Crippen molar-refractivity contribution in [2.45, 2.75) is 45.6 Å². The number of non-ortho nitro benzene ring substituents is 1. The number of aryl methyl sites for hydroxylation is 1. The van der Waals surface area contributed by atoms with Crippen LogP contribution in [0.15, 0.2) is 18.2 Å². The third-order valence-corrected chi connectivity index (χ3v) is 3.35. The van der Waals surface area contributed by atoms with E-state index in [1.54, 1.807) is 19.9 Å². The Kier molecular flexibility index (Phi) is 6.06. The number of rotatable bonds is 7. The average Bonchev–Trinajstić information content (AvgIpc) is 2.44. The second-order valence-corrected chi connectivity index (χ2v) is 5.81. The number of urea groups is 1. The van der Waals surface area contributed by atoms with Crippen molar-refractivity contribution in [3.8, 4) is 0 Å². The van der Waals surface area contributed by atoms with E-state index in [0.717, 1.165) is 5.56 Å². The number of anilines is 1. The Hall–Kier alpha value is -2.64. The predicted molar refractivity (Wildman–Crippen MR) is 85.6 cm³/mol. The van der Waals surface area contributed by atoms with Crippen LogP contribution in [0.3, 0.4) is 0 Å². The van der Waals surface area contributed by atoms with Crippen LogP contribution in [0.2, 0.25) is 0 Å². The minimum Gasteiger partial charge on any atom is -0.481 e. The van der Waals surface area contributed by atoms with E-state index in [-0.39, 0.29) is 18.5 Å². The van der Waals surface area contributed by atoms with Crippen LogP contribution in [0.4, 0.5) is 16.2 Å². The second-order valence-electron chi connectivity index (χ2n) is 5.81. The molecule has 0 spiro atoms. The van der Waals surface area contributed by atoms with Gasteiger partial charge in [0.15, 0.2) is 0 Å². The molecule has 0 atom stereocenters. The van der Waals surface area contributed by atoms with Crippen LogP contribution in [0.5, 0.6) is 0 Å². The maximum Gasteiger partial charge on any atom is 0.319 e. The molecule has 0 aliphatic heterocycles. The van der Waals surface area contributed by atoms with Gasteiger partial charge < -0.3 is 15.7 Å². The fourth-order valence-electron chi connectivity index (χ4n) is 2.05. The zero-order chi connectivity index (χ0) is 17.6. The predicted octanol–water partition coefficient (Wildman–Crippen LogP) is 2.92. The molecule has 0 saturated carbocycles. The van der Waals surface area contributed by atoms with Crippen LogP contribution in [-0.4, -0.2) is 27.6 Å². The fourth-order valence-corrected chi connectivity index (χ4v) is 2.05. The fraction of sp³-hybridized carbons (Fsp3) is 0.467. The molecule has 0 saturated heterocycles. The molecular formula is C15H21N3O5. The van der Waals surface area contributed by atoms with E-state index in [9.17, 15) is 19.7 Å². The van der Waals surface area contributed by atoms with E-state index in [0.29, 0.717) is 12.1 Å². The van der Waals surface area contributed by atoms with Gasteiger partial charge in [-0.3, -0.25) is 14.9 Å². The van der Waals surface area contributed by atoms with Gasteiger partial charge in [0, 0.05) is 24.1 Å². The molecule has 8 heteroatoms. The Balaban J connectivity index is 2.82. The average molecular weight is 323 g/mol. The van der Waals surface area contributed by atoms with E-state index in [4.69, 9.17) is 5.11 Å². The number of aliphatic carboxylic acids is 1. The number of carbonyl (C=O) groups is 2. The van der Waals surface area contributed by atoms with Crippen LogP contribution in [-0.2, 0) is 11.2 Å². The summed E-state index contributed by atoms with van der Waals surface area (Å²) >= 11 is 0. The summed E-state index contributed by atoms with van der Waals surface area (Å²) in [6.07, 6.45) is 0.811. The van der Waals surface area contributed by atoms with Gasteiger partial charge in [0.1, 0.15) is 0 Å². The van der Waals surface area contributed by atoms with Crippen LogP contribution in [0, 0.1) is 10.1 Å². The maximum atomic E-state index is 12.1. The molecule has 0 aliphatic carbocycles. The summed E-state index contributed by atoms with van der Waals surface area (Å²) in [4.78, 5) is 33.0. The molecule has 0 heterocycles. The minimum absolute atomic E-state index is 0.0652. The molecule has 23 heavy (non-hydrogen) atoms. The van der Waals surface area contributed by atoms with E-state index in [1.807, 2.05) is 6.92 Å². The van der Waals surface area contributed by atoms with Gasteiger partial charge in [-0.2, -0.15) is 0 Å². The van der Waals surface area contributed by atoms with Crippen molar-refractivity contribution in [3.63, 3.8) is 0 Å². The zero-order valence-electron chi connectivity index (χ0n) is 13.4. The van der Waals surface area contributed by atoms with Crippen LogP contribution in [0.1, 0.15) is 39.2 Å². The number of nitrogens with zero attached hydrogens (tertiary/aromatic N) is 1. The molecule has 0 fully saturated rings. The quantitative estimate of drug-likeness (QED) is 0.526. The molecule has 0 aromatic heterocycles. The first-order valence-electron chi connectivity index (χ1n) is 7.23. The lowest BCUT2D eigenvalue weighted by atomic mass is 9.99. The van der Waals surface area contributed by atoms with Gasteiger partial charge >= 0.3 is 12.0 Å². The van der Waals surface area contributed by atoms with Gasteiger partial charge in [0.05, 0.1) is 10.6 Å². The van der Waals surface area contributed by atoms with E-state index in [1.165, 1.54) is 12.1 Å². The highest BCUT2D eigenvalue weighted by Gasteiger charge is 2.22. The van der Waals surface area contributed by atoms with E-state index in [2.05, 4.69) is 10.6 Å². The monoisotopic (exact) mass is 323 g/mol. The number of hydrogen-bond acceptors (Lipinski definition) is 4. The molecule has 0 radical (unpaired) electrons. The number of amides is 2. The van der Waals surface area contributed by atoms with Crippen molar-refractivity contribution in [1.82, 2.24) is 5.32 Å². The lowest BCUT2D eigenvalue weighted by Gasteiger charge is -2.26. The van der Waals surface area contributed by atoms with Crippen molar-refractivity contribution in [2.75, 3.05) is 5.32 Å². The molecule has 0 aliphatic rings. The topological polar surface area (TPSA) is 122 Å². The first kappa shape index (κ1) is 18.4. The number of hydrogen-bond donors (Lipinski definition) is 3.